The van der Waals surface area contributed by atoms with Crippen molar-refractivity contribution < 1.29 is 0 Å². The van der Waals surface area contributed by atoms with Gasteiger partial charge >= 0.3 is 0 Å². The van der Waals surface area contributed by atoms with Gasteiger partial charge in [-0.25, -0.2) is 0 Å². The SMILES string of the molecule is C=Cc1c(-c2ccc(C)cn2)cc2cccnc2c1N=C. The predicted molar refractivity (Wildman–Crippen MR) is 89.0 cm³/mol. The van der Waals surface area contributed by atoms with Crippen LogP contribution in [0.25, 0.3) is 28.2 Å². The van der Waals surface area contributed by atoms with Gasteiger partial charge in [0.2, 0.25) is 0 Å². The van der Waals surface area contributed by atoms with Gasteiger partial charge in [0.15, 0.2) is 0 Å². The van der Waals surface area contributed by atoms with E-state index in [1.54, 1.807) is 12.3 Å². The van der Waals surface area contributed by atoms with Crippen LogP contribution in [0.1, 0.15) is 11.1 Å². The van der Waals surface area contributed by atoms with Crippen LogP contribution in [-0.2, 0) is 0 Å². The Morgan fingerprint density at radius 3 is 2.71 bits per heavy atom. The normalized spacial score (nSPS) is 10.5. The number of fused-ring (bicyclic) bond motifs is 1. The Balaban J connectivity index is 2.39. The first kappa shape index (κ1) is 13.2. The van der Waals surface area contributed by atoms with E-state index in [1.165, 1.54) is 0 Å². The summed E-state index contributed by atoms with van der Waals surface area (Å²) in [4.78, 5) is 13.1. The lowest BCUT2D eigenvalue weighted by molar-refractivity contribution is 1.27. The first-order valence-electron chi connectivity index (χ1n) is 6.68. The molecule has 0 aliphatic rings. The molecule has 2 aromatic heterocycles. The van der Waals surface area contributed by atoms with Gasteiger partial charge in [-0.1, -0.05) is 24.8 Å². The van der Waals surface area contributed by atoms with Gasteiger partial charge in [0.25, 0.3) is 0 Å². The zero-order chi connectivity index (χ0) is 14.8. The molecule has 0 fully saturated rings. The summed E-state index contributed by atoms with van der Waals surface area (Å²) >= 11 is 0. The smallest absolute Gasteiger partial charge is 0.0964 e. The third kappa shape index (κ3) is 2.23. The van der Waals surface area contributed by atoms with Gasteiger partial charge in [-0.2, -0.15) is 0 Å². The molecule has 3 aromatic rings. The lowest BCUT2D eigenvalue weighted by atomic mass is 9.98. The van der Waals surface area contributed by atoms with Crippen LogP contribution in [0.5, 0.6) is 0 Å². The Bertz CT molecular complexity index is 833. The van der Waals surface area contributed by atoms with Gasteiger partial charge in [0.05, 0.1) is 16.9 Å². The van der Waals surface area contributed by atoms with Gasteiger partial charge in [-0.15, -0.1) is 0 Å². The number of aromatic nitrogens is 2. The molecular formula is C18H15N3. The fourth-order valence-corrected chi connectivity index (χ4v) is 2.43. The van der Waals surface area contributed by atoms with Crippen molar-refractivity contribution in [1.82, 2.24) is 9.97 Å². The highest BCUT2D eigenvalue weighted by molar-refractivity contribution is 5.99. The van der Waals surface area contributed by atoms with Gasteiger partial charge in [0.1, 0.15) is 0 Å². The molecule has 0 aliphatic heterocycles. The van der Waals surface area contributed by atoms with Crippen LogP contribution in [-0.4, -0.2) is 16.7 Å². The Labute approximate surface area is 123 Å². The Morgan fingerprint density at radius 2 is 2.05 bits per heavy atom. The molecule has 0 bridgehead atoms. The summed E-state index contributed by atoms with van der Waals surface area (Å²) in [5.41, 5.74) is 5.51. The molecule has 3 nitrogen and oxygen atoms in total. The maximum absolute atomic E-state index is 4.51. The molecule has 21 heavy (non-hydrogen) atoms. The minimum atomic E-state index is 0.750. The quantitative estimate of drug-likeness (QED) is 0.655. The van der Waals surface area contributed by atoms with Crippen molar-refractivity contribution in [2.24, 2.45) is 4.99 Å². The van der Waals surface area contributed by atoms with E-state index in [4.69, 9.17) is 0 Å². The number of hydrogen-bond donors (Lipinski definition) is 0. The Hall–Kier alpha value is -2.81. The van der Waals surface area contributed by atoms with Gasteiger partial charge in [-0.3, -0.25) is 15.0 Å². The summed E-state index contributed by atoms with van der Waals surface area (Å²) in [6.45, 7) is 9.61. The summed E-state index contributed by atoms with van der Waals surface area (Å²) in [7, 11) is 0. The number of nitrogens with zero attached hydrogens (tertiary/aromatic N) is 3. The van der Waals surface area contributed by atoms with Crippen molar-refractivity contribution in [2.75, 3.05) is 0 Å². The third-order valence-electron chi connectivity index (χ3n) is 3.46. The summed E-state index contributed by atoms with van der Waals surface area (Å²) in [5, 5.41) is 1.02. The van der Waals surface area contributed by atoms with Crippen LogP contribution in [0, 0.1) is 6.92 Å². The summed E-state index contributed by atoms with van der Waals surface area (Å²) in [6, 6.07) is 10.1. The van der Waals surface area contributed by atoms with E-state index in [0.717, 1.165) is 39.0 Å². The lowest BCUT2D eigenvalue weighted by Gasteiger charge is -2.11. The van der Waals surface area contributed by atoms with Gasteiger partial charge < -0.3 is 0 Å². The largest absolute Gasteiger partial charge is 0.262 e. The van der Waals surface area contributed by atoms with Gasteiger partial charge in [-0.05, 0) is 37.4 Å². The van der Waals surface area contributed by atoms with E-state index in [1.807, 2.05) is 37.4 Å². The standard InChI is InChI=1S/C18H15N3/c1-4-14-15(16-8-7-12(2)11-21-16)10-13-6-5-9-20-17(13)18(14)19-3/h4-11H,1,3H2,2H3. The average Bonchev–Trinajstić information content (AvgIpc) is 2.53. The van der Waals surface area contributed by atoms with Crippen molar-refractivity contribution in [1.29, 1.82) is 0 Å². The van der Waals surface area contributed by atoms with E-state index in [-0.39, 0.29) is 0 Å². The van der Waals surface area contributed by atoms with Crippen molar-refractivity contribution in [3.05, 3.63) is 60.4 Å². The molecule has 3 rings (SSSR count). The average molecular weight is 273 g/mol. The molecule has 0 atom stereocenters. The first-order valence-corrected chi connectivity index (χ1v) is 6.68. The maximum atomic E-state index is 4.51. The second kappa shape index (κ2) is 5.29. The highest BCUT2D eigenvalue weighted by Crippen LogP contribution is 2.36. The molecular weight excluding hydrogens is 258 g/mol. The second-order valence-corrected chi connectivity index (χ2v) is 4.84. The van der Waals surface area contributed by atoms with E-state index >= 15 is 0 Å². The first-order chi connectivity index (χ1) is 10.2. The third-order valence-corrected chi connectivity index (χ3v) is 3.46. The van der Waals surface area contributed by atoms with Crippen LogP contribution < -0.4 is 0 Å². The van der Waals surface area contributed by atoms with E-state index < -0.39 is 0 Å². The molecule has 3 heteroatoms. The number of pyridine rings is 2. The van der Waals surface area contributed by atoms with Crippen LogP contribution >= 0.6 is 0 Å². The lowest BCUT2D eigenvalue weighted by Crippen LogP contribution is -1.91. The zero-order valence-electron chi connectivity index (χ0n) is 11.9. The highest BCUT2D eigenvalue weighted by Gasteiger charge is 2.13. The topological polar surface area (TPSA) is 38.1 Å². The highest BCUT2D eigenvalue weighted by atomic mass is 14.8. The minimum absolute atomic E-state index is 0.750. The predicted octanol–water partition coefficient (Wildman–Crippen LogP) is 4.58. The number of aryl methyl sites for hydroxylation is 1. The molecule has 102 valence electrons. The summed E-state index contributed by atoms with van der Waals surface area (Å²) in [5.74, 6) is 0. The van der Waals surface area contributed by atoms with Crippen molar-refractivity contribution in [3.8, 4) is 11.3 Å². The number of rotatable bonds is 3. The molecule has 0 saturated heterocycles. The minimum Gasteiger partial charge on any atom is -0.262 e. The Kier molecular flexibility index (Phi) is 3.32. The molecule has 0 aliphatic carbocycles. The molecule has 0 saturated carbocycles. The fourth-order valence-electron chi connectivity index (χ4n) is 2.43. The van der Waals surface area contributed by atoms with Crippen molar-refractivity contribution in [2.45, 2.75) is 6.92 Å². The number of hydrogen-bond acceptors (Lipinski definition) is 3. The van der Waals surface area contributed by atoms with Crippen LogP contribution in [0.2, 0.25) is 0 Å². The molecule has 1 aromatic carbocycles. The zero-order valence-corrected chi connectivity index (χ0v) is 11.9. The molecule has 0 unspecified atom stereocenters. The molecule has 0 amide bonds. The van der Waals surface area contributed by atoms with E-state index in [2.05, 4.69) is 34.3 Å². The summed E-state index contributed by atoms with van der Waals surface area (Å²) < 4.78 is 0. The Morgan fingerprint density at radius 1 is 1.19 bits per heavy atom. The number of benzene rings is 1. The maximum Gasteiger partial charge on any atom is 0.0964 e. The summed E-state index contributed by atoms with van der Waals surface area (Å²) in [6.07, 6.45) is 5.40. The van der Waals surface area contributed by atoms with Crippen LogP contribution in [0.15, 0.2) is 54.3 Å². The second-order valence-electron chi connectivity index (χ2n) is 4.84. The number of aliphatic imine (C=N–C) groups is 1. The molecule has 0 radical (unpaired) electrons. The van der Waals surface area contributed by atoms with Crippen LogP contribution in [0.3, 0.4) is 0 Å². The van der Waals surface area contributed by atoms with E-state index in [9.17, 15) is 0 Å². The van der Waals surface area contributed by atoms with E-state index in [0.29, 0.717) is 0 Å². The monoisotopic (exact) mass is 273 g/mol. The van der Waals surface area contributed by atoms with Crippen molar-refractivity contribution in [3.63, 3.8) is 0 Å². The van der Waals surface area contributed by atoms with Crippen LogP contribution in [0.4, 0.5) is 5.69 Å². The van der Waals surface area contributed by atoms with Crippen molar-refractivity contribution >= 4 is 29.4 Å². The fraction of sp³-hybridized carbons (Fsp3) is 0.0556. The molecule has 0 N–H and O–H groups in total. The molecule has 2 heterocycles. The van der Waals surface area contributed by atoms with Gasteiger partial charge in [0, 0.05) is 28.9 Å². The molecule has 0 spiro atoms.